The molecule has 0 aromatic carbocycles. The Labute approximate surface area is 136 Å². The van der Waals surface area contributed by atoms with E-state index in [1.54, 1.807) is 22.7 Å². The van der Waals surface area contributed by atoms with Gasteiger partial charge in [-0.3, -0.25) is 9.36 Å². The number of fused-ring (bicyclic) bond motifs is 2. The molecule has 4 heterocycles. The molecular weight excluding hydrogens is 312 g/mol. The van der Waals surface area contributed by atoms with Crippen LogP contribution in [0.5, 0.6) is 0 Å². The predicted octanol–water partition coefficient (Wildman–Crippen LogP) is 4.39. The zero-order valence-electron chi connectivity index (χ0n) is 12.8. The maximum atomic E-state index is 12.8. The molecule has 0 radical (unpaired) electrons. The van der Waals surface area contributed by atoms with E-state index in [0.29, 0.717) is 0 Å². The molecule has 0 amide bonds. The molecule has 4 rings (SSSR count). The molecule has 3 aromatic rings. The highest BCUT2D eigenvalue weighted by atomic mass is 32.1. The van der Waals surface area contributed by atoms with E-state index in [9.17, 15) is 4.79 Å². The second-order valence-electron chi connectivity index (χ2n) is 5.74. The largest absolute Gasteiger partial charge is 0.292 e. The lowest BCUT2D eigenvalue weighted by Crippen LogP contribution is -2.20. The highest BCUT2D eigenvalue weighted by Gasteiger charge is 2.23. The molecular formula is C17H16N2OS2. The first-order valence-corrected chi connectivity index (χ1v) is 9.01. The lowest BCUT2D eigenvalue weighted by atomic mass is 10.1. The second-order valence-corrected chi connectivity index (χ2v) is 7.89. The van der Waals surface area contributed by atoms with Crippen LogP contribution < -0.4 is 5.56 Å². The first-order valence-electron chi connectivity index (χ1n) is 7.32. The van der Waals surface area contributed by atoms with Crippen molar-refractivity contribution in [3.63, 3.8) is 0 Å². The van der Waals surface area contributed by atoms with E-state index >= 15 is 0 Å². The Morgan fingerprint density at radius 2 is 2.14 bits per heavy atom. The van der Waals surface area contributed by atoms with Crippen molar-refractivity contribution in [2.24, 2.45) is 0 Å². The molecule has 0 N–H and O–H groups in total. The molecule has 1 aliphatic rings. The van der Waals surface area contributed by atoms with Gasteiger partial charge in [-0.05, 0) is 61.4 Å². The number of rotatable bonds is 1. The first-order chi connectivity index (χ1) is 10.6. The van der Waals surface area contributed by atoms with E-state index in [-0.39, 0.29) is 5.56 Å². The maximum Gasteiger partial charge on any atom is 0.262 e. The molecule has 3 aromatic heterocycles. The summed E-state index contributed by atoms with van der Waals surface area (Å²) in [5.41, 5.74) is 3.66. The van der Waals surface area contributed by atoms with Crippen LogP contribution in [-0.2, 0) is 6.54 Å². The molecule has 0 saturated carbocycles. The average molecular weight is 328 g/mol. The molecule has 0 unspecified atom stereocenters. The van der Waals surface area contributed by atoms with Crippen LogP contribution in [0, 0.1) is 20.8 Å². The van der Waals surface area contributed by atoms with Crippen LogP contribution in [0.2, 0.25) is 0 Å². The van der Waals surface area contributed by atoms with Crippen molar-refractivity contribution >= 4 is 44.5 Å². The Balaban J connectivity index is 1.96. The highest BCUT2D eigenvalue weighted by Crippen LogP contribution is 2.33. The van der Waals surface area contributed by atoms with Gasteiger partial charge in [-0.15, -0.1) is 22.7 Å². The summed E-state index contributed by atoms with van der Waals surface area (Å²) in [6.45, 7) is 6.93. The van der Waals surface area contributed by atoms with E-state index in [4.69, 9.17) is 4.98 Å². The summed E-state index contributed by atoms with van der Waals surface area (Å²) in [6.07, 6.45) is 3.08. The highest BCUT2D eigenvalue weighted by molar-refractivity contribution is 7.18. The Hall–Kier alpha value is -1.72. The molecule has 22 heavy (non-hydrogen) atoms. The van der Waals surface area contributed by atoms with Crippen molar-refractivity contribution < 1.29 is 0 Å². The number of hydrogen-bond donors (Lipinski definition) is 0. The number of allylic oxidation sites excluding steroid dienone is 1. The summed E-state index contributed by atoms with van der Waals surface area (Å²) in [4.78, 5) is 20.9. The topological polar surface area (TPSA) is 34.9 Å². The van der Waals surface area contributed by atoms with Crippen molar-refractivity contribution in [3.8, 4) is 0 Å². The van der Waals surface area contributed by atoms with Gasteiger partial charge < -0.3 is 0 Å². The summed E-state index contributed by atoms with van der Waals surface area (Å²) in [5.74, 6) is 0.853. The van der Waals surface area contributed by atoms with Crippen LogP contribution in [0.4, 0.5) is 0 Å². The minimum Gasteiger partial charge on any atom is -0.292 e. The molecule has 0 saturated heterocycles. The summed E-state index contributed by atoms with van der Waals surface area (Å²) >= 11 is 3.36. The third-order valence-electron chi connectivity index (χ3n) is 4.39. The molecule has 0 aliphatic carbocycles. The van der Waals surface area contributed by atoms with Gasteiger partial charge in [-0.25, -0.2) is 4.98 Å². The fourth-order valence-corrected chi connectivity index (χ4v) is 4.85. The summed E-state index contributed by atoms with van der Waals surface area (Å²) in [6, 6.07) is 2.13. The maximum absolute atomic E-state index is 12.8. The third-order valence-corrected chi connectivity index (χ3v) is 6.45. The fraction of sp³-hybridized carbons (Fsp3) is 0.294. The number of aryl methyl sites for hydroxylation is 3. The van der Waals surface area contributed by atoms with Crippen molar-refractivity contribution in [3.05, 3.63) is 48.5 Å². The minimum atomic E-state index is 0.119. The molecule has 0 bridgehead atoms. The number of thiophene rings is 2. The number of hydrogen-bond acceptors (Lipinski definition) is 4. The Bertz CT molecular complexity index is 988. The van der Waals surface area contributed by atoms with E-state index in [1.807, 2.05) is 11.5 Å². The monoisotopic (exact) mass is 328 g/mol. The SMILES string of the molecule is Cc1ccsc1/C=C1\CCn2c1nc1sc(C)c(C)c1c2=O. The summed E-state index contributed by atoms with van der Waals surface area (Å²) in [7, 11) is 0. The van der Waals surface area contributed by atoms with Crippen molar-refractivity contribution in [2.75, 3.05) is 0 Å². The predicted molar refractivity (Wildman–Crippen MR) is 94.9 cm³/mol. The Morgan fingerprint density at radius 3 is 2.86 bits per heavy atom. The standard InChI is InChI=1S/C17H16N2OS2/c1-9-5-7-21-13(9)8-12-4-6-19-15(12)18-16-14(17(19)20)10(2)11(3)22-16/h5,7-8H,4,6H2,1-3H3/b12-8+. The van der Waals surface area contributed by atoms with Crippen LogP contribution in [0.15, 0.2) is 16.2 Å². The van der Waals surface area contributed by atoms with E-state index < -0.39 is 0 Å². The van der Waals surface area contributed by atoms with E-state index in [0.717, 1.165) is 34.6 Å². The smallest absolute Gasteiger partial charge is 0.262 e. The zero-order valence-corrected chi connectivity index (χ0v) is 14.4. The van der Waals surface area contributed by atoms with E-state index in [1.165, 1.54) is 20.9 Å². The van der Waals surface area contributed by atoms with Crippen molar-refractivity contribution in [1.82, 2.24) is 9.55 Å². The quantitative estimate of drug-likeness (QED) is 0.664. The van der Waals surface area contributed by atoms with Crippen LogP contribution in [0.1, 0.15) is 33.1 Å². The molecule has 5 heteroatoms. The fourth-order valence-electron chi connectivity index (χ4n) is 2.95. The van der Waals surface area contributed by atoms with Gasteiger partial charge in [0.25, 0.3) is 5.56 Å². The van der Waals surface area contributed by atoms with Gasteiger partial charge in [-0.1, -0.05) is 0 Å². The first kappa shape index (κ1) is 13.9. The van der Waals surface area contributed by atoms with E-state index in [2.05, 4.69) is 31.4 Å². The van der Waals surface area contributed by atoms with Gasteiger partial charge in [0.15, 0.2) is 0 Å². The van der Waals surface area contributed by atoms with Gasteiger partial charge in [0.05, 0.1) is 5.39 Å². The molecule has 3 nitrogen and oxygen atoms in total. The normalized spacial score (nSPS) is 15.9. The van der Waals surface area contributed by atoms with Crippen molar-refractivity contribution in [2.45, 2.75) is 33.7 Å². The Morgan fingerprint density at radius 1 is 1.32 bits per heavy atom. The average Bonchev–Trinajstić information content (AvgIpc) is 3.13. The molecule has 0 atom stereocenters. The summed E-state index contributed by atoms with van der Waals surface area (Å²) in [5, 5.41) is 2.91. The number of nitrogens with zero attached hydrogens (tertiary/aromatic N) is 2. The second kappa shape index (κ2) is 4.89. The van der Waals surface area contributed by atoms with Gasteiger partial charge in [0.1, 0.15) is 10.7 Å². The molecule has 0 fully saturated rings. The van der Waals surface area contributed by atoms with Crippen LogP contribution in [0.25, 0.3) is 21.9 Å². The van der Waals surface area contributed by atoms with Crippen LogP contribution in [-0.4, -0.2) is 9.55 Å². The minimum absolute atomic E-state index is 0.119. The van der Waals surface area contributed by atoms with Crippen molar-refractivity contribution in [1.29, 1.82) is 0 Å². The van der Waals surface area contributed by atoms with Crippen LogP contribution in [0.3, 0.4) is 0 Å². The lowest BCUT2D eigenvalue weighted by Gasteiger charge is -2.03. The number of aromatic nitrogens is 2. The van der Waals surface area contributed by atoms with Gasteiger partial charge >= 0.3 is 0 Å². The zero-order chi connectivity index (χ0) is 15.4. The summed E-state index contributed by atoms with van der Waals surface area (Å²) < 4.78 is 1.84. The molecule has 0 spiro atoms. The van der Waals surface area contributed by atoms with Gasteiger partial charge in [0, 0.05) is 16.3 Å². The third kappa shape index (κ3) is 1.92. The molecule has 1 aliphatic heterocycles. The Kier molecular flexibility index (Phi) is 3.09. The van der Waals surface area contributed by atoms with Gasteiger partial charge in [-0.2, -0.15) is 0 Å². The lowest BCUT2D eigenvalue weighted by molar-refractivity contribution is 0.726. The van der Waals surface area contributed by atoms with Crippen LogP contribution >= 0.6 is 22.7 Å². The van der Waals surface area contributed by atoms with Gasteiger partial charge in [0.2, 0.25) is 0 Å². The molecule has 112 valence electrons.